The molecule has 2 aromatic rings. The number of carbonyl (C=O) groups is 1. The Bertz CT molecular complexity index is 875. The third-order valence-electron chi connectivity index (χ3n) is 6.20. The Labute approximate surface area is 170 Å². The number of halogens is 1. The Kier molecular flexibility index (Phi) is 5.08. The third kappa shape index (κ3) is 3.28. The molecule has 1 aliphatic heterocycles. The molecule has 0 N–H and O–H groups in total. The van der Waals surface area contributed by atoms with Gasteiger partial charge in [-0.05, 0) is 42.4 Å². The van der Waals surface area contributed by atoms with Crippen LogP contribution >= 0.6 is 11.6 Å². The fourth-order valence-electron chi connectivity index (χ4n) is 4.70. The van der Waals surface area contributed by atoms with Gasteiger partial charge in [0.15, 0.2) is 0 Å². The molecule has 1 aromatic heterocycles. The van der Waals surface area contributed by atoms with Gasteiger partial charge >= 0.3 is 0 Å². The molecule has 6 nitrogen and oxygen atoms in total. The quantitative estimate of drug-likeness (QED) is 0.758. The molecular formula is C21H27ClN4O2. The van der Waals surface area contributed by atoms with Crippen LogP contribution in [0.4, 0.5) is 0 Å². The van der Waals surface area contributed by atoms with Crippen molar-refractivity contribution >= 4 is 17.5 Å². The molecule has 150 valence electrons. The van der Waals surface area contributed by atoms with Crippen molar-refractivity contribution in [1.82, 2.24) is 19.7 Å². The van der Waals surface area contributed by atoms with Crippen molar-refractivity contribution in [3.8, 4) is 5.75 Å². The maximum atomic E-state index is 13.3. The molecular weight excluding hydrogens is 376 g/mol. The minimum atomic E-state index is -0.00258. The van der Waals surface area contributed by atoms with E-state index in [0.29, 0.717) is 28.8 Å². The van der Waals surface area contributed by atoms with Crippen LogP contribution in [0.5, 0.6) is 5.75 Å². The van der Waals surface area contributed by atoms with Gasteiger partial charge in [0.05, 0.1) is 12.7 Å². The highest BCUT2D eigenvalue weighted by Crippen LogP contribution is 2.55. The van der Waals surface area contributed by atoms with Crippen LogP contribution < -0.4 is 4.74 Å². The van der Waals surface area contributed by atoms with Crippen LogP contribution in [-0.4, -0.2) is 45.8 Å². The van der Waals surface area contributed by atoms with Crippen molar-refractivity contribution in [3.05, 3.63) is 40.9 Å². The Balaban J connectivity index is 1.62. The van der Waals surface area contributed by atoms with E-state index < -0.39 is 0 Å². The van der Waals surface area contributed by atoms with E-state index in [1.165, 1.54) is 6.42 Å². The number of carbonyl (C=O) groups excluding carboxylic acids is 1. The van der Waals surface area contributed by atoms with E-state index in [0.717, 1.165) is 31.8 Å². The van der Waals surface area contributed by atoms with Crippen LogP contribution in [0.25, 0.3) is 0 Å². The number of methoxy groups -OCH3 is 1. The number of rotatable bonds is 5. The van der Waals surface area contributed by atoms with E-state index in [1.54, 1.807) is 25.3 Å². The molecule has 1 unspecified atom stereocenters. The van der Waals surface area contributed by atoms with Gasteiger partial charge in [-0.1, -0.05) is 31.9 Å². The summed E-state index contributed by atoms with van der Waals surface area (Å²) < 4.78 is 7.58. The van der Waals surface area contributed by atoms with Gasteiger partial charge in [-0.2, -0.15) is 0 Å². The first-order valence-electron chi connectivity index (χ1n) is 9.94. The molecule has 0 bridgehead atoms. The van der Waals surface area contributed by atoms with E-state index in [1.807, 2.05) is 11.2 Å². The zero-order valence-electron chi connectivity index (χ0n) is 16.7. The number of likely N-dealkylation sites (tertiary alicyclic amines) is 1. The fraction of sp³-hybridized carbons (Fsp3) is 0.571. The van der Waals surface area contributed by atoms with Gasteiger partial charge in [0.1, 0.15) is 17.9 Å². The number of hydrogen-bond acceptors (Lipinski definition) is 4. The second-order valence-corrected chi connectivity index (χ2v) is 8.97. The summed E-state index contributed by atoms with van der Waals surface area (Å²) in [6.07, 6.45) is 5.30. The van der Waals surface area contributed by atoms with Crippen molar-refractivity contribution < 1.29 is 9.53 Å². The molecule has 1 spiro atoms. The summed E-state index contributed by atoms with van der Waals surface area (Å²) in [6, 6.07) is 5.19. The molecule has 1 aliphatic carbocycles. The molecule has 4 rings (SSSR count). The van der Waals surface area contributed by atoms with Crippen molar-refractivity contribution in [3.63, 3.8) is 0 Å². The number of benzene rings is 1. The fourth-order valence-corrected chi connectivity index (χ4v) is 4.86. The lowest BCUT2D eigenvalue weighted by Crippen LogP contribution is -2.38. The Hall–Kier alpha value is -2.08. The van der Waals surface area contributed by atoms with Gasteiger partial charge in [0.2, 0.25) is 0 Å². The lowest BCUT2D eigenvalue weighted by molar-refractivity contribution is 0.0720. The highest BCUT2D eigenvalue weighted by Gasteiger charge is 2.53. The molecule has 1 saturated heterocycles. The number of aromatic nitrogens is 3. The summed E-state index contributed by atoms with van der Waals surface area (Å²) >= 11 is 6.06. The molecule has 2 heterocycles. The first-order valence-corrected chi connectivity index (χ1v) is 10.3. The first kappa shape index (κ1) is 19.2. The smallest absolute Gasteiger partial charge is 0.257 e. The van der Waals surface area contributed by atoms with Crippen LogP contribution in [-0.2, 0) is 6.54 Å². The molecule has 0 radical (unpaired) electrons. The molecule has 1 amide bonds. The first-order chi connectivity index (χ1) is 13.4. The molecule has 1 saturated carbocycles. The molecule has 1 aromatic carbocycles. The second kappa shape index (κ2) is 7.39. The van der Waals surface area contributed by atoms with Crippen LogP contribution in [0.3, 0.4) is 0 Å². The summed E-state index contributed by atoms with van der Waals surface area (Å²) in [5, 5.41) is 9.22. The molecule has 1 atom stereocenters. The van der Waals surface area contributed by atoms with Gasteiger partial charge in [0.25, 0.3) is 5.91 Å². The monoisotopic (exact) mass is 402 g/mol. The van der Waals surface area contributed by atoms with E-state index in [4.69, 9.17) is 16.3 Å². The minimum Gasteiger partial charge on any atom is -0.496 e. The molecule has 28 heavy (non-hydrogen) atoms. The van der Waals surface area contributed by atoms with Gasteiger partial charge < -0.3 is 14.2 Å². The lowest BCUT2D eigenvalue weighted by atomic mass is 9.62. The maximum absolute atomic E-state index is 13.3. The highest BCUT2D eigenvalue weighted by molar-refractivity contribution is 6.30. The minimum absolute atomic E-state index is 0.00258. The summed E-state index contributed by atoms with van der Waals surface area (Å²) in [4.78, 5) is 15.3. The third-order valence-corrected chi connectivity index (χ3v) is 6.43. The Morgan fingerprint density at radius 3 is 2.82 bits per heavy atom. The number of ether oxygens (including phenoxy) is 1. The van der Waals surface area contributed by atoms with Gasteiger partial charge in [-0.25, -0.2) is 0 Å². The van der Waals surface area contributed by atoms with Crippen LogP contribution in [0.15, 0.2) is 24.5 Å². The highest BCUT2D eigenvalue weighted by atomic mass is 35.5. The summed E-state index contributed by atoms with van der Waals surface area (Å²) in [7, 11) is 1.57. The van der Waals surface area contributed by atoms with Crippen LogP contribution in [0.2, 0.25) is 5.02 Å². The van der Waals surface area contributed by atoms with E-state index in [-0.39, 0.29) is 17.2 Å². The van der Waals surface area contributed by atoms with E-state index >= 15 is 0 Å². The predicted molar refractivity (Wildman–Crippen MR) is 108 cm³/mol. The summed E-state index contributed by atoms with van der Waals surface area (Å²) in [6.45, 7) is 6.71. The molecule has 7 heteroatoms. The molecule has 2 fully saturated rings. The largest absolute Gasteiger partial charge is 0.496 e. The topological polar surface area (TPSA) is 60.2 Å². The Morgan fingerprint density at radius 1 is 1.39 bits per heavy atom. The lowest BCUT2D eigenvalue weighted by Gasteiger charge is -2.42. The number of amides is 1. The van der Waals surface area contributed by atoms with Crippen molar-refractivity contribution in [2.24, 2.45) is 11.3 Å². The van der Waals surface area contributed by atoms with Crippen molar-refractivity contribution in [2.75, 3.05) is 20.2 Å². The average molecular weight is 403 g/mol. The summed E-state index contributed by atoms with van der Waals surface area (Å²) in [5.41, 5.74) is 0.683. The average Bonchev–Trinajstić information content (AvgIpc) is 3.24. The van der Waals surface area contributed by atoms with Crippen molar-refractivity contribution in [1.29, 1.82) is 0 Å². The van der Waals surface area contributed by atoms with Crippen LogP contribution in [0.1, 0.15) is 55.2 Å². The normalized spacial score (nSPS) is 20.6. The zero-order valence-corrected chi connectivity index (χ0v) is 17.4. The van der Waals surface area contributed by atoms with Gasteiger partial charge in [-0.15, -0.1) is 10.2 Å². The van der Waals surface area contributed by atoms with Crippen molar-refractivity contribution in [2.45, 2.75) is 45.6 Å². The number of nitrogens with zero attached hydrogens (tertiary/aromatic N) is 4. The second-order valence-electron chi connectivity index (χ2n) is 8.53. The SMILES string of the molecule is COc1cc(Cl)ccc1C(=O)N1CC(c2nncn2CC(C)C)C2(CCC2)C1. The van der Waals surface area contributed by atoms with Gasteiger partial charge in [0, 0.05) is 30.6 Å². The summed E-state index contributed by atoms with van der Waals surface area (Å²) in [5.74, 6) is 2.28. The standard InChI is InChI=1S/C21H27ClN4O2/c1-14(2)10-26-13-23-24-19(26)17-11-25(12-21(17)7-4-8-21)20(27)16-6-5-15(22)9-18(16)28-3/h5-6,9,13-14,17H,4,7-8,10-12H2,1-3H3. The zero-order chi connectivity index (χ0) is 19.9. The van der Waals surface area contributed by atoms with Gasteiger partial charge in [-0.3, -0.25) is 4.79 Å². The van der Waals surface area contributed by atoms with E-state index in [9.17, 15) is 4.79 Å². The maximum Gasteiger partial charge on any atom is 0.257 e. The van der Waals surface area contributed by atoms with E-state index in [2.05, 4.69) is 28.6 Å². The number of hydrogen-bond donors (Lipinski definition) is 0. The predicted octanol–water partition coefficient (Wildman–Crippen LogP) is 4.01. The molecule has 2 aliphatic rings. The van der Waals surface area contributed by atoms with Crippen LogP contribution in [0, 0.1) is 11.3 Å². The Morgan fingerprint density at radius 2 is 2.18 bits per heavy atom.